The molecule has 1 aliphatic rings. The highest BCUT2D eigenvalue weighted by Gasteiger charge is 2.43. The first kappa shape index (κ1) is 11.8. The number of likely N-dealkylation sites (tertiary alicyclic amines) is 1. The average molecular weight is 210 g/mol. The minimum absolute atomic E-state index is 0.335. The van der Waals surface area contributed by atoms with Crippen molar-refractivity contribution in [3.8, 4) is 0 Å². The van der Waals surface area contributed by atoms with Gasteiger partial charge in [-0.15, -0.1) is 0 Å². The summed E-state index contributed by atoms with van der Waals surface area (Å²) in [5, 5.41) is 0. The smallest absolute Gasteiger partial charge is 0.329 e. The van der Waals surface area contributed by atoms with Crippen LogP contribution in [-0.4, -0.2) is 36.8 Å². The Morgan fingerprint density at radius 1 is 1.36 bits per heavy atom. The molecule has 1 atom stereocenters. The van der Waals surface area contributed by atoms with Gasteiger partial charge in [-0.3, -0.25) is 4.90 Å². The maximum absolute atomic E-state index is 12.5. The summed E-state index contributed by atoms with van der Waals surface area (Å²) in [6, 6.07) is -1.45. The number of alkyl halides is 3. The van der Waals surface area contributed by atoms with E-state index < -0.39 is 12.2 Å². The first-order chi connectivity index (χ1) is 6.45. The summed E-state index contributed by atoms with van der Waals surface area (Å²) in [5.41, 5.74) is 5.16. The lowest BCUT2D eigenvalue weighted by atomic mass is 9.98. The fraction of sp³-hybridized carbons (Fsp3) is 1.00. The van der Waals surface area contributed by atoms with Crippen molar-refractivity contribution >= 4 is 0 Å². The molecule has 0 aromatic rings. The molecular formula is C9H17F3N2. The molecule has 84 valence electrons. The molecule has 14 heavy (non-hydrogen) atoms. The highest BCUT2D eigenvalue weighted by molar-refractivity contribution is 4.82. The van der Waals surface area contributed by atoms with Gasteiger partial charge in [0.2, 0.25) is 0 Å². The van der Waals surface area contributed by atoms with Gasteiger partial charge in [0, 0.05) is 6.54 Å². The van der Waals surface area contributed by atoms with Crippen LogP contribution in [0.2, 0.25) is 0 Å². The third-order valence-electron chi connectivity index (χ3n) is 2.86. The summed E-state index contributed by atoms with van der Waals surface area (Å²) in [6.07, 6.45) is -2.51. The summed E-state index contributed by atoms with van der Waals surface area (Å²) in [7, 11) is 0. The van der Waals surface area contributed by atoms with Crippen molar-refractivity contribution in [3.05, 3.63) is 0 Å². The second-order valence-electron chi connectivity index (χ2n) is 4.01. The summed E-state index contributed by atoms with van der Waals surface area (Å²) in [5.74, 6) is 0.540. The van der Waals surface area contributed by atoms with Gasteiger partial charge in [0.15, 0.2) is 0 Å². The molecule has 5 heteroatoms. The number of nitrogens with zero attached hydrogens (tertiary/aromatic N) is 1. The van der Waals surface area contributed by atoms with Crippen LogP contribution < -0.4 is 5.73 Å². The Balaban J connectivity index is 2.54. The molecule has 1 unspecified atom stereocenters. The molecule has 1 rings (SSSR count). The fourth-order valence-electron chi connectivity index (χ4n) is 1.83. The zero-order chi connectivity index (χ0) is 10.8. The molecule has 1 aliphatic heterocycles. The fourth-order valence-corrected chi connectivity index (χ4v) is 1.83. The monoisotopic (exact) mass is 210 g/mol. The topological polar surface area (TPSA) is 29.3 Å². The predicted molar refractivity (Wildman–Crippen MR) is 48.9 cm³/mol. The van der Waals surface area contributed by atoms with E-state index in [-0.39, 0.29) is 6.54 Å². The molecule has 2 N–H and O–H groups in total. The van der Waals surface area contributed by atoms with Crippen molar-refractivity contribution < 1.29 is 13.2 Å². The Kier molecular flexibility index (Phi) is 3.78. The third-order valence-corrected chi connectivity index (χ3v) is 2.86. The van der Waals surface area contributed by atoms with Crippen molar-refractivity contribution in [3.63, 3.8) is 0 Å². The van der Waals surface area contributed by atoms with Crippen LogP contribution in [0.25, 0.3) is 0 Å². The average Bonchev–Trinajstić information content (AvgIpc) is 2.07. The van der Waals surface area contributed by atoms with E-state index in [0.717, 1.165) is 12.8 Å². The molecule has 0 bridgehead atoms. The molecular weight excluding hydrogens is 193 g/mol. The molecule has 2 nitrogen and oxygen atoms in total. The second kappa shape index (κ2) is 4.49. The van der Waals surface area contributed by atoms with E-state index >= 15 is 0 Å². The minimum Gasteiger partial charge on any atom is -0.329 e. The molecule has 0 saturated carbocycles. The summed E-state index contributed by atoms with van der Waals surface area (Å²) in [6.45, 7) is 2.77. The van der Waals surface area contributed by atoms with Gasteiger partial charge < -0.3 is 5.73 Å². The zero-order valence-electron chi connectivity index (χ0n) is 8.35. The highest BCUT2D eigenvalue weighted by atomic mass is 19.4. The lowest BCUT2D eigenvalue weighted by Crippen LogP contribution is -2.52. The highest BCUT2D eigenvalue weighted by Crippen LogP contribution is 2.27. The van der Waals surface area contributed by atoms with Crippen LogP contribution in [0.1, 0.15) is 19.8 Å². The summed E-state index contributed by atoms with van der Waals surface area (Å²) < 4.78 is 37.4. The van der Waals surface area contributed by atoms with Gasteiger partial charge in [-0.05, 0) is 31.8 Å². The van der Waals surface area contributed by atoms with E-state index in [1.165, 1.54) is 4.90 Å². The number of hydrogen-bond acceptors (Lipinski definition) is 2. The van der Waals surface area contributed by atoms with Crippen LogP contribution in [-0.2, 0) is 0 Å². The molecule has 0 amide bonds. The molecule has 1 saturated heterocycles. The maximum Gasteiger partial charge on any atom is 0.405 e. The van der Waals surface area contributed by atoms with E-state index in [0.29, 0.717) is 19.0 Å². The van der Waals surface area contributed by atoms with Gasteiger partial charge in [-0.1, -0.05) is 6.92 Å². The van der Waals surface area contributed by atoms with E-state index in [9.17, 15) is 13.2 Å². The third kappa shape index (κ3) is 2.85. The standard InChI is InChI=1S/C9H17F3N2/c1-7-2-4-14(5-3-7)8(6-13)9(10,11)12/h7-8H,2-6,13H2,1H3. The Labute approximate surface area is 82.2 Å². The van der Waals surface area contributed by atoms with Crippen LogP contribution in [0.15, 0.2) is 0 Å². The van der Waals surface area contributed by atoms with Crippen LogP contribution in [0.4, 0.5) is 13.2 Å². The molecule has 0 aromatic heterocycles. The van der Waals surface area contributed by atoms with Crippen molar-refractivity contribution in [2.24, 2.45) is 11.7 Å². The van der Waals surface area contributed by atoms with Gasteiger partial charge in [0.05, 0.1) is 0 Å². The molecule has 0 aromatic carbocycles. The van der Waals surface area contributed by atoms with Gasteiger partial charge in [-0.25, -0.2) is 0 Å². The molecule has 1 fully saturated rings. The lowest BCUT2D eigenvalue weighted by Gasteiger charge is -2.36. The van der Waals surface area contributed by atoms with Crippen LogP contribution in [0.3, 0.4) is 0 Å². The van der Waals surface area contributed by atoms with Crippen molar-refractivity contribution in [1.82, 2.24) is 4.90 Å². The lowest BCUT2D eigenvalue weighted by molar-refractivity contribution is -0.184. The Bertz CT molecular complexity index is 173. The first-order valence-corrected chi connectivity index (χ1v) is 4.96. The van der Waals surface area contributed by atoms with Crippen LogP contribution in [0, 0.1) is 5.92 Å². The molecule has 0 radical (unpaired) electrons. The Morgan fingerprint density at radius 3 is 2.21 bits per heavy atom. The number of hydrogen-bond donors (Lipinski definition) is 1. The number of piperidine rings is 1. The van der Waals surface area contributed by atoms with E-state index in [1.54, 1.807) is 0 Å². The number of rotatable bonds is 2. The van der Waals surface area contributed by atoms with Crippen LogP contribution in [0.5, 0.6) is 0 Å². The number of nitrogens with two attached hydrogens (primary N) is 1. The molecule has 0 spiro atoms. The Hall–Kier alpha value is -0.290. The van der Waals surface area contributed by atoms with Gasteiger partial charge in [0.1, 0.15) is 6.04 Å². The van der Waals surface area contributed by atoms with Gasteiger partial charge in [-0.2, -0.15) is 13.2 Å². The van der Waals surface area contributed by atoms with Crippen molar-refractivity contribution in [2.75, 3.05) is 19.6 Å². The summed E-state index contributed by atoms with van der Waals surface area (Å²) in [4.78, 5) is 1.46. The van der Waals surface area contributed by atoms with Crippen molar-refractivity contribution in [1.29, 1.82) is 0 Å². The quantitative estimate of drug-likeness (QED) is 0.750. The zero-order valence-corrected chi connectivity index (χ0v) is 8.35. The van der Waals surface area contributed by atoms with E-state index in [4.69, 9.17) is 5.73 Å². The van der Waals surface area contributed by atoms with Crippen LogP contribution >= 0.6 is 0 Å². The predicted octanol–water partition coefficient (Wildman–Crippen LogP) is 1.61. The molecule has 1 heterocycles. The van der Waals surface area contributed by atoms with E-state index in [1.807, 2.05) is 0 Å². The summed E-state index contributed by atoms with van der Waals surface area (Å²) >= 11 is 0. The number of halogens is 3. The maximum atomic E-state index is 12.5. The van der Waals surface area contributed by atoms with E-state index in [2.05, 4.69) is 6.92 Å². The van der Waals surface area contributed by atoms with Crippen molar-refractivity contribution in [2.45, 2.75) is 32.0 Å². The second-order valence-corrected chi connectivity index (χ2v) is 4.01. The van der Waals surface area contributed by atoms with Gasteiger partial charge >= 0.3 is 6.18 Å². The molecule has 0 aliphatic carbocycles. The largest absolute Gasteiger partial charge is 0.405 e. The SMILES string of the molecule is CC1CCN(C(CN)C(F)(F)F)CC1. The van der Waals surface area contributed by atoms with Gasteiger partial charge in [0.25, 0.3) is 0 Å². The first-order valence-electron chi connectivity index (χ1n) is 4.96. The Morgan fingerprint density at radius 2 is 1.86 bits per heavy atom. The minimum atomic E-state index is -4.19. The normalized spacial score (nSPS) is 23.8.